The van der Waals surface area contributed by atoms with Gasteiger partial charge in [0.15, 0.2) is 11.5 Å². The van der Waals surface area contributed by atoms with Crippen molar-refractivity contribution >= 4 is 23.4 Å². The highest BCUT2D eigenvalue weighted by Gasteiger charge is 2.53. The molecule has 8 heteroatoms. The maximum atomic E-state index is 13.4. The lowest BCUT2D eigenvalue weighted by Crippen LogP contribution is -2.64. The molecule has 0 aliphatic carbocycles. The van der Waals surface area contributed by atoms with Crippen molar-refractivity contribution in [2.45, 2.75) is 38.9 Å². The first-order valence-corrected chi connectivity index (χ1v) is 10.8. The van der Waals surface area contributed by atoms with Crippen LogP contribution in [-0.4, -0.2) is 53.1 Å². The molecule has 2 aromatic rings. The molecule has 0 radical (unpaired) electrons. The number of hydrogen-bond donors (Lipinski definition) is 0. The standard InChI is InChI=1S/C24H25N3O5/c1-3-25(13-16-8-9-19-20(12-16)32-15-31-19)22(29)14-26-23(30)17-6-4-5-7-18(17)27-21(28)10-11-24(26,27)2/h4-9,12H,3,10-11,13-15H2,1-2H3. The van der Waals surface area contributed by atoms with Gasteiger partial charge in [-0.05, 0) is 50.1 Å². The van der Waals surface area contributed by atoms with Crippen molar-refractivity contribution in [1.82, 2.24) is 9.80 Å². The molecule has 8 nitrogen and oxygen atoms in total. The predicted octanol–water partition coefficient (Wildman–Crippen LogP) is 2.76. The van der Waals surface area contributed by atoms with Crippen LogP contribution in [0, 0.1) is 0 Å². The van der Waals surface area contributed by atoms with Crippen LogP contribution in [-0.2, 0) is 16.1 Å². The monoisotopic (exact) mass is 435 g/mol. The number of benzene rings is 2. The number of rotatable bonds is 5. The summed E-state index contributed by atoms with van der Waals surface area (Å²) in [5.41, 5.74) is 1.14. The molecule has 3 aliphatic heterocycles. The molecule has 1 saturated heterocycles. The fraction of sp³-hybridized carbons (Fsp3) is 0.375. The van der Waals surface area contributed by atoms with Gasteiger partial charge in [0.25, 0.3) is 5.91 Å². The van der Waals surface area contributed by atoms with Gasteiger partial charge < -0.3 is 19.3 Å². The molecule has 0 spiro atoms. The number of anilines is 1. The second-order valence-electron chi connectivity index (χ2n) is 8.45. The van der Waals surface area contributed by atoms with Gasteiger partial charge in [-0.1, -0.05) is 18.2 Å². The van der Waals surface area contributed by atoms with Gasteiger partial charge in [0.2, 0.25) is 18.6 Å². The first-order chi connectivity index (χ1) is 15.4. The normalized spacial score (nSPS) is 20.9. The van der Waals surface area contributed by atoms with Crippen molar-refractivity contribution in [3.63, 3.8) is 0 Å². The number of para-hydroxylation sites is 1. The quantitative estimate of drug-likeness (QED) is 0.722. The molecule has 0 saturated carbocycles. The van der Waals surface area contributed by atoms with Gasteiger partial charge in [-0.2, -0.15) is 0 Å². The van der Waals surface area contributed by atoms with Gasteiger partial charge in [0.05, 0.1) is 11.3 Å². The highest BCUT2D eigenvalue weighted by Crippen LogP contribution is 2.44. The molecular weight excluding hydrogens is 410 g/mol. The minimum absolute atomic E-state index is 0.0300. The molecule has 2 aromatic carbocycles. The van der Waals surface area contributed by atoms with E-state index in [9.17, 15) is 14.4 Å². The van der Waals surface area contributed by atoms with Crippen LogP contribution >= 0.6 is 0 Å². The minimum atomic E-state index is -0.851. The van der Waals surface area contributed by atoms with Crippen LogP contribution in [0.5, 0.6) is 11.5 Å². The van der Waals surface area contributed by atoms with Crippen molar-refractivity contribution in [3.05, 3.63) is 53.6 Å². The van der Waals surface area contributed by atoms with Gasteiger partial charge in [0.1, 0.15) is 12.2 Å². The van der Waals surface area contributed by atoms with E-state index in [1.807, 2.05) is 38.1 Å². The van der Waals surface area contributed by atoms with E-state index in [2.05, 4.69) is 0 Å². The zero-order valence-electron chi connectivity index (χ0n) is 18.2. The summed E-state index contributed by atoms with van der Waals surface area (Å²) in [6, 6.07) is 12.7. The van der Waals surface area contributed by atoms with E-state index in [4.69, 9.17) is 9.47 Å². The maximum Gasteiger partial charge on any atom is 0.258 e. The van der Waals surface area contributed by atoms with E-state index in [1.54, 1.807) is 32.9 Å². The minimum Gasteiger partial charge on any atom is -0.454 e. The molecule has 1 atom stereocenters. The third-order valence-corrected chi connectivity index (χ3v) is 6.58. The Hall–Kier alpha value is -3.55. The Morgan fingerprint density at radius 3 is 2.72 bits per heavy atom. The molecule has 3 heterocycles. The second kappa shape index (κ2) is 7.55. The van der Waals surface area contributed by atoms with Crippen molar-refractivity contribution in [3.8, 4) is 11.5 Å². The van der Waals surface area contributed by atoms with E-state index in [1.165, 1.54) is 0 Å². The zero-order chi connectivity index (χ0) is 22.5. The molecule has 1 unspecified atom stereocenters. The Bertz CT molecular complexity index is 1120. The molecule has 1 fully saturated rings. The number of fused-ring (bicyclic) bond motifs is 4. The Balaban J connectivity index is 1.40. The first kappa shape index (κ1) is 20.4. The molecule has 0 aromatic heterocycles. The average Bonchev–Trinajstić information content (AvgIpc) is 3.38. The van der Waals surface area contributed by atoms with Gasteiger partial charge in [0, 0.05) is 19.5 Å². The average molecular weight is 435 g/mol. The molecule has 0 N–H and O–H groups in total. The predicted molar refractivity (Wildman–Crippen MR) is 116 cm³/mol. The van der Waals surface area contributed by atoms with E-state index in [0.29, 0.717) is 48.7 Å². The molecule has 32 heavy (non-hydrogen) atoms. The van der Waals surface area contributed by atoms with Crippen LogP contribution in [0.2, 0.25) is 0 Å². The summed E-state index contributed by atoms with van der Waals surface area (Å²) >= 11 is 0. The first-order valence-electron chi connectivity index (χ1n) is 10.8. The lowest BCUT2D eigenvalue weighted by molar-refractivity contribution is -0.134. The van der Waals surface area contributed by atoms with E-state index < -0.39 is 5.66 Å². The second-order valence-corrected chi connectivity index (χ2v) is 8.45. The largest absolute Gasteiger partial charge is 0.454 e. The van der Waals surface area contributed by atoms with Crippen LogP contribution in [0.15, 0.2) is 42.5 Å². The third kappa shape index (κ3) is 3.09. The molecule has 0 bridgehead atoms. The number of carbonyl (C=O) groups excluding carboxylic acids is 3. The van der Waals surface area contributed by atoms with Crippen LogP contribution in [0.1, 0.15) is 42.6 Å². The summed E-state index contributed by atoms with van der Waals surface area (Å²) in [4.78, 5) is 44.4. The zero-order valence-corrected chi connectivity index (χ0v) is 18.2. The van der Waals surface area contributed by atoms with E-state index in [0.717, 1.165) is 5.56 Å². The van der Waals surface area contributed by atoms with E-state index >= 15 is 0 Å². The van der Waals surface area contributed by atoms with Gasteiger partial charge >= 0.3 is 0 Å². The summed E-state index contributed by atoms with van der Waals surface area (Å²) in [6.07, 6.45) is 0.838. The van der Waals surface area contributed by atoms with Gasteiger partial charge in [-0.3, -0.25) is 19.3 Å². The van der Waals surface area contributed by atoms with Crippen LogP contribution in [0.25, 0.3) is 0 Å². The summed E-state index contributed by atoms with van der Waals surface area (Å²) in [6.45, 7) is 4.76. The number of nitrogens with zero attached hydrogens (tertiary/aromatic N) is 3. The lowest BCUT2D eigenvalue weighted by Gasteiger charge is -2.48. The van der Waals surface area contributed by atoms with Gasteiger partial charge in [-0.25, -0.2) is 0 Å². The topological polar surface area (TPSA) is 79.4 Å². The number of likely N-dealkylation sites (N-methyl/N-ethyl adjacent to an activating group) is 1. The highest BCUT2D eigenvalue weighted by atomic mass is 16.7. The Morgan fingerprint density at radius 1 is 1.12 bits per heavy atom. The molecular formula is C24H25N3O5. The van der Waals surface area contributed by atoms with Crippen LogP contribution in [0.3, 0.4) is 0 Å². The van der Waals surface area contributed by atoms with Crippen LogP contribution in [0.4, 0.5) is 5.69 Å². The fourth-order valence-electron chi connectivity index (χ4n) is 4.81. The molecule has 166 valence electrons. The number of ether oxygens (including phenoxy) is 2. The van der Waals surface area contributed by atoms with Crippen LogP contribution < -0.4 is 14.4 Å². The summed E-state index contributed by atoms with van der Waals surface area (Å²) in [5, 5.41) is 0. The number of amides is 3. The number of hydrogen-bond acceptors (Lipinski definition) is 5. The Kier molecular flexibility index (Phi) is 4.80. The molecule has 3 aliphatic rings. The van der Waals surface area contributed by atoms with E-state index in [-0.39, 0.29) is 31.1 Å². The Labute approximate surface area is 186 Å². The number of carbonyl (C=O) groups is 3. The fourth-order valence-corrected chi connectivity index (χ4v) is 4.81. The third-order valence-electron chi connectivity index (χ3n) is 6.58. The van der Waals surface area contributed by atoms with Crippen molar-refractivity contribution in [2.24, 2.45) is 0 Å². The summed E-state index contributed by atoms with van der Waals surface area (Å²) in [5.74, 6) is 0.943. The van der Waals surface area contributed by atoms with Crippen molar-refractivity contribution in [1.29, 1.82) is 0 Å². The Morgan fingerprint density at radius 2 is 1.91 bits per heavy atom. The summed E-state index contributed by atoms with van der Waals surface area (Å²) < 4.78 is 10.8. The SMILES string of the molecule is CCN(Cc1ccc2c(c1)OCO2)C(=O)CN1C(=O)c2ccccc2N2C(=O)CCC12C. The van der Waals surface area contributed by atoms with Crippen molar-refractivity contribution < 1.29 is 23.9 Å². The maximum absolute atomic E-state index is 13.4. The highest BCUT2D eigenvalue weighted by molar-refractivity contribution is 6.11. The molecule has 3 amide bonds. The lowest BCUT2D eigenvalue weighted by atomic mass is 9.98. The van der Waals surface area contributed by atoms with Gasteiger partial charge in [-0.15, -0.1) is 0 Å². The summed E-state index contributed by atoms with van der Waals surface area (Å²) in [7, 11) is 0. The molecule has 5 rings (SSSR count). The smallest absolute Gasteiger partial charge is 0.258 e. The van der Waals surface area contributed by atoms with Crippen molar-refractivity contribution in [2.75, 3.05) is 24.8 Å².